The second kappa shape index (κ2) is 5.42. The molecule has 1 amide bonds. The number of hydrogen-bond donors (Lipinski definition) is 2. The third kappa shape index (κ3) is 2.65. The summed E-state index contributed by atoms with van der Waals surface area (Å²) in [6.45, 7) is 0. The van der Waals surface area contributed by atoms with Crippen LogP contribution in [0.15, 0.2) is 36.9 Å². The Morgan fingerprint density at radius 1 is 1.48 bits per heavy atom. The summed E-state index contributed by atoms with van der Waals surface area (Å²) in [7, 11) is 1.32. The number of hydrogen-bond acceptors (Lipinski definition) is 4. The molecule has 2 aromatic heterocycles. The molecular formula is C16H17N5O2. The Morgan fingerprint density at radius 3 is 3.04 bits per heavy atom. The lowest BCUT2D eigenvalue weighted by atomic mass is 10.0. The standard InChI is InChI=1S/C16H17N5O2/c1-23-16(22)20-15-18-12-5-4-11(8-13(12)19-15)14(10-2-3-10)21-7-6-17-9-21/h4-10,14H,2-3H2,1H3,(H2,18,19,20,22). The Balaban J connectivity index is 1.69. The number of rotatable bonds is 4. The first-order valence-electron chi connectivity index (χ1n) is 7.56. The van der Waals surface area contributed by atoms with Gasteiger partial charge in [0.25, 0.3) is 0 Å². The zero-order valence-corrected chi connectivity index (χ0v) is 12.7. The van der Waals surface area contributed by atoms with Crippen molar-refractivity contribution in [3.8, 4) is 0 Å². The van der Waals surface area contributed by atoms with Crippen LogP contribution >= 0.6 is 0 Å². The third-order valence-electron chi connectivity index (χ3n) is 4.17. The average molecular weight is 311 g/mol. The molecule has 1 aliphatic carbocycles. The highest BCUT2D eigenvalue weighted by Gasteiger charge is 2.33. The van der Waals surface area contributed by atoms with Gasteiger partial charge in [0.1, 0.15) is 0 Å². The first kappa shape index (κ1) is 13.8. The Bertz CT molecular complexity index is 835. The molecule has 0 spiro atoms. The molecule has 2 N–H and O–H groups in total. The fraction of sp³-hybridized carbons (Fsp3) is 0.312. The molecule has 0 bridgehead atoms. The van der Waals surface area contributed by atoms with Crippen LogP contribution in [0, 0.1) is 5.92 Å². The minimum absolute atomic E-state index is 0.294. The Labute approximate surface area is 132 Å². The number of ether oxygens (including phenoxy) is 1. The molecule has 3 aromatic rings. The van der Waals surface area contributed by atoms with Crippen LogP contribution < -0.4 is 5.32 Å². The van der Waals surface area contributed by atoms with Gasteiger partial charge in [0, 0.05) is 12.4 Å². The van der Waals surface area contributed by atoms with Gasteiger partial charge < -0.3 is 14.3 Å². The zero-order chi connectivity index (χ0) is 15.8. The minimum atomic E-state index is -0.543. The number of nitrogens with zero attached hydrogens (tertiary/aromatic N) is 3. The molecule has 4 rings (SSSR count). The van der Waals surface area contributed by atoms with E-state index in [1.807, 2.05) is 24.8 Å². The van der Waals surface area contributed by atoms with E-state index >= 15 is 0 Å². The average Bonchev–Trinajstić information content (AvgIpc) is 3.08. The van der Waals surface area contributed by atoms with Crippen molar-refractivity contribution in [1.29, 1.82) is 0 Å². The fourth-order valence-electron chi connectivity index (χ4n) is 2.95. The van der Waals surface area contributed by atoms with E-state index in [1.165, 1.54) is 25.5 Å². The van der Waals surface area contributed by atoms with Crippen molar-refractivity contribution in [2.45, 2.75) is 18.9 Å². The van der Waals surface area contributed by atoms with E-state index in [0.717, 1.165) is 11.0 Å². The van der Waals surface area contributed by atoms with Crippen LogP contribution in [0.5, 0.6) is 0 Å². The number of H-pyrrole nitrogens is 1. The lowest BCUT2D eigenvalue weighted by Gasteiger charge is -2.18. The highest BCUT2D eigenvalue weighted by atomic mass is 16.5. The van der Waals surface area contributed by atoms with Gasteiger partial charge in [-0.2, -0.15) is 0 Å². The molecule has 0 aliphatic heterocycles. The topological polar surface area (TPSA) is 84.8 Å². The van der Waals surface area contributed by atoms with E-state index in [4.69, 9.17) is 0 Å². The van der Waals surface area contributed by atoms with E-state index in [0.29, 0.717) is 17.9 Å². The summed E-state index contributed by atoms with van der Waals surface area (Å²) in [4.78, 5) is 22.9. The molecular weight excluding hydrogens is 294 g/mol. The van der Waals surface area contributed by atoms with E-state index in [9.17, 15) is 4.79 Å². The van der Waals surface area contributed by atoms with Crippen LogP contribution in [0.25, 0.3) is 11.0 Å². The van der Waals surface area contributed by atoms with E-state index < -0.39 is 6.09 Å². The summed E-state index contributed by atoms with van der Waals surface area (Å²) >= 11 is 0. The highest BCUT2D eigenvalue weighted by Crippen LogP contribution is 2.43. The summed E-state index contributed by atoms with van der Waals surface area (Å²) in [5, 5.41) is 2.55. The number of anilines is 1. The number of amides is 1. The van der Waals surface area contributed by atoms with Crippen molar-refractivity contribution in [2.75, 3.05) is 12.4 Å². The maximum Gasteiger partial charge on any atom is 0.413 e. The summed E-state index contributed by atoms with van der Waals surface area (Å²) in [5.41, 5.74) is 2.91. The van der Waals surface area contributed by atoms with Crippen molar-refractivity contribution in [3.05, 3.63) is 42.5 Å². The summed E-state index contributed by atoms with van der Waals surface area (Å²) < 4.78 is 6.74. The molecule has 1 aromatic carbocycles. The smallest absolute Gasteiger partial charge is 0.413 e. The maximum absolute atomic E-state index is 11.3. The second-order valence-electron chi connectivity index (χ2n) is 5.77. The summed E-state index contributed by atoms with van der Waals surface area (Å²) in [6.07, 6.45) is 7.61. The molecule has 118 valence electrons. The number of imidazole rings is 2. The number of carbonyl (C=O) groups excluding carboxylic acids is 1. The van der Waals surface area contributed by atoms with Gasteiger partial charge in [-0.25, -0.2) is 14.8 Å². The Hall–Kier alpha value is -2.83. The van der Waals surface area contributed by atoms with Gasteiger partial charge in [0.05, 0.1) is 30.5 Å². The summed E-state index contributed by atoms with van der Waals surface area (Å²) in [5.74, 6) is 1.03. The monoisotopic (exact) mass is 311 g/mol. The van der Waals surface area contributed by atoms with E-state index in [2.05, 4.69) is 41.7 Å². The number of nitrogens with one attached hydrogen (secondary N) is 2. The fourth-order valence-corrected chi connectivity index (χ4v) is 2.95. The largest absolute Gasteiger partial charge is 0.453 e. The predicted octanol–water partition coefficient (Wildman–Crippen LogP) is 2.94. The Morgan fingerprint density at radius 2 is 2.35 bits per heavy atom. The predicted molar refractivity (Wildman–Crippen MR) is 85.2 cm³/mol. The second-order valence-corrected chi connectivity index (χ2v) is 5.77. The van der Waals surface area contributed by atoms with E-state index in [-0.39, 0.29) is 0 Å². The zero-order valence-electron chi connectivity index (χ0n) is 12.7. The minimum Gasteiger partial charge on any atom is -0.453 e. The summed E-state index contributed by atoms with van der Waals surface area (Å²) in [6, 6.07) is 6.44. The van der Waals surface area contributed by atoms with Crippen LogP contribution in [0.2, 0.25) is 0 Å². The number of fused-ring (bicyclic) bond motifs is 1. The van der Waals surface area contributed by atoms with Crippen LogP contribution in [0.1, 0.15) is 24.4 Å². The third-order valence-corrected chi connectivity index (χ3v) is 4.17. The molecule has 0 radical (unpaired) electrons. The number of methoxy groups -OCH3 is 1. The highest BCUT2D eigenvalue weighted by molar-refractivity contribution is 5.86. The Kier molecular flexibility index (Phi) is 3.25. The SMILES string of the molecule is COC(=O)Nc1nc2ccc(C(C3CC3)n3ccnc3)cc2[nH]1. The van der Waals surface area contributed by atoms with Crippen molar-refractivity contribution >= 4 is 23.1 Å². The van der Waals surface area contributed by atoms with Gasteiger partial charge in [0.15, 0.2) is 0 Å². The lowest BCUT2D eigenvalue weighted by Crippen LogP contribution is -2.11. The van der Waals surface area contributed by atoms with Gasteiger partial charge in [0.2, 0.25) is 5.95 Å². The van der Waals surface area contributed by atoms with Crippen LogP contribution in [-0.2, 0) is 4.74 Å². The number of aromatic nitrogens is 4. The maximum atomic E-state index is 11.3. The van der Waals surface area contributed by atoms with Crippen LogP contribution in [0.4, 0.5) is 10.7 Å². The van der Waals surface area contributed by atoms with Crippen molar-refractivity contribution < 1.29 is 9.53 Å². The molecule has 7 heteroatoms. The molecule has 1 fully saturated rings. The number of benzene rings is 1. The van der Waals surface area contributed by atoms with Crippen molar-refractivity contribution in [3.63, 3.8) is 0 Å². The van der Waals surface area contributed by atoms with Gasteiger partial charge >= 0.3 is 6.09 Å². The quantitative estimate of drug-likeness (QED) is 0.776. The molecule has 1 atom stereocenters. The normalized spacial score (nSPS) is 15.5. The van der Waals surface area contributed by atoms with Crippen molar-refractivity contribution in [1.82, 2.24) is 19.5 Å². The van der Waals surface area contributed by atoms with Crippen LogP contribution in [-0.4, -0.2) is 32.7 Å². The first-order chi connectivity index (χ1) is 11.2. The number of carbonyl (C=O) groups is 1. The molecule has 1 unspecified atom stereocenters. The molecule has 2 heterocycles. The van der Waals surface area contributed by atoms with Gasteiger partial charge in [-0.05, 0) is 36.5 Å². The van der Waals surface area contributed by atoms with Gasteiger partial charge in [-0.15, -0.1) is 0 Å². The molecule has 23 heavy (non-hydrogen) atoms. The molecule has 1 aliphatic rings. The first-order valence-corrected chi connectivity index (χ1v) is 7.56. The molecule has 1 saturated carbocycles. The van der Waals surface area contributed by atoms with Gasteiger partial charge in [-0.1, -0.05) is 6.07 Å². The molecule has 0 saturated heterocycles. The van der Waals surface area contributed by atoms with E-state index in [1.54, 1.807) is 0 Å². The van der Waals surface area contributed by atoms with Crippen LogP contribution in [0.3, 0.4) is 0 Å². The molecule has 7 nitrogen and oxygen atoms in total. The number of aromatic amines is 1. The van der Waals surface area contributed by atoms with Gasteiger partial charge in [-0.3, -0.25) is 5.32 Å². The lowest BCUT2D eigenvalue weighted by molar-refractivity contribution is 0.186. The van der Waals surface area contributed by atoms with Crippen molar-refractivity contribution in [2.24, 2.45) is 5.92 Å².